The van der Waals surface area contributed by atoms with Crippen molar-refractivity contribution in [3.05, 3.63) is 45.3 Å². The Morgan fingerprint density at radius 2 is 2.17 bits per heavy atom. The van der Waals surface area contributed by atoms with Crippen LogP contribution in [0.2, 0.25) is 0 Å². The van der Waals surface area contributed by atoms with Gasteiger partial charge in [-0.2, -0.15) is 0 Å². The average Bonchev–Trinajstić information content (AvgIpc) is 2.87. The quantitative estimate of drug-likeness (QED) is 0.763. The topological polar surface area (TPSA) is 63.2 Å². The van der Waals surface area contributed by atoms with Gasteiger partial charge in [-0.25, -0.2) is 4.98 Å². The molecule has 2 rings (SSSR count). The zero-order valence-corrected chi connectivity index (χ0v) is 14.8. The van der Waals surface area contributed by atoms with Crippen LogP contribution >= 0.6 is 11.3 Å². The van der Waals surface area contributed by atoms with Crippen LogP contribution < -0.4 is 10.6 Å². The van der Waals surface area contributed by atoms with Crippen LogP contribution in [0.1, 0.15) is 38.6 Å². The third kappa shape index (κ3) is 4.77. The second kappa shape index (κ2) is 8.08. The number of nitrogens with zero attached hydrogens (tertiary/aromatic N) is 1. The van der Waals surface area contributed by atoms with Crippen molar-refractivity contribution in [1.82, 2.24) is 10.3 Å². The normalized spacial score (nSPS) is 12.0. The van der Waals surface area contributed by atoms with Crippen LogP contribution in [0.25, 0.3) is 0 Å². The number of thiophene rings is 1. The molecule has 0 aliphatic heterocycles. The summed E-state index contributed by atoms with van der Waals surface area (Å²) in [5.74, 6) is 0.618. The predicted molar refractivity (Wildman–Crippen MR) is 94.3 cm³/mol. The molecule has 2 aromatic rings. The highest BCUT2D eigenvalue weighted by Gasteiger charge is 2.12. The number of aromatic nitrogens is 1. The fourth-order valence-electron chi connectivity index (χ4n) is 2.36. The SMILES string of the molecule is COCCNC(=O)c1ccc(NC(C)c2cc(C)sc2C)nc1. The highest BCUT2D eigenvalue weighted by Crippen LogP contribution is 2.28. The lowest BCUT2D eigenvalue weighted by Gasteiger charge is -2.14. The van der Waals surface area contributed by atoms with Crippen molar-refractivity contribution in [3.8, 4) is 0 Å². The van der Waals surface area contributed by atoms with E-state index in [0.717, 1.165) is 5.82 Å². The molecule has 0 aromatic carbocycles. The zero-order valence-electron chi connectivity index (χ0n) is 14.0. The summed E-state index contributed by atoms with van der Waals surface area (Å²) in [5.41, 5.74) is 1.83. The van der Waals surface area contributed by atoms with Gasteiger partial charge >= 0.3 is 0 Å². The van der Waals surface area contributed by atoms with Crippen LogP contribution in [0, 0.1) is 13.8 Å². The molecule has 2 aromatic heterocycles. The number of pyridine rings is 1. The molecule has 0 radical (unpaired) electrons. The van der Waals surface area contributed by atoms with Crippen LogP contribution in [-0.2, 0) is 4.74 Å². The van der Waals surface area contributed by atoms with E-state index < -0.39 is 0 Å². The molecule has 1 amide bonds. The summed E-state index contributed by atoms with van der Waals surface area (Å²) in [7, 11) is 1.60. The highest BCUT2D eigenvalue weighted by molar-refractivity contribution is 7.12. The molecular weight excluding hydrogens is 310 g/mol. The maximum Gasteiger partial charge on any atom is 0.252 e. The molecular formula is C17H23N3O2S. The molecule has 23 heavy (non-hydrogen) atoms. The summed E-state index contributed by atoms with van der Waals surface area (Å²) < 4.78 is 4.90. The van der Waals surface area contributed by atoms with Crippen molar-refractivity contribution >= 4 is 23.1 Å². The first-order valence-corrected chi connectivity index (χ1v) is 8.39. The molecule has 2 N–H and O–H groups in total. The van der Waals surface area contributed by atoms with Crippen LogP contribution in [0.15, 0.2) is 24.4 Å². The van der Waals surface area contributed by atoms with E-state index in [2.05, 4.69) is 42.5 Å². The number of methoxy groups -OCH3 is 1. The summed E-state index contributed by atoms with van der Waals surface area (Å²) in [6.45, 7) is 7.34. The molecule has 1 unspecified atom stereocenters. The fourth-order valence-corrected chi connectivity index (χ4v) is 3.38. The minimum absolute atomic E-state index is 0.140. The Balaban J connectivity index is 1.97. The summed E-state index contributed by atoms with van der Waals surface area (Å²) in [5, 5.41) is 6.15. The molecule has 0 aliphatic carbocycles. The van der Waals surface area contributed by atoms with E-state index in [4.69, 9.17) is 4.74 Å². The first-order valence-electron chi connectivity index (χ1n) is 7.58. The lowest BCUT2D eigenvalue weighted by Crippen LogP contribution is -2.27. The molecule has 0 spiro atoms. The summed E-state index contributed by atoms with van der Waals surface area (Å²) in [6, 6.07) is 5.98. The third-order valence-electron chi connectivity index (χ3n) is 3.53. The molecule has 0 saturated carbocycles. The molecule has 5 nitrogen and oxygen atoms in total. The minimum atomic E-state index is -0.140. The summed E-state index contributed by atoms with van der Waals surface area (Å²) in [4.78, 5) is 18.9. The number of anilines is 1. The molecule has 0 fully saturated rings. The van der Waals surface area contributed by atoms with Gasteiger partial charge in [-0.1, -0.05) is 0 Å². The van der Waals surface area contributed by atoms with E-state index in [0.29, 0.717) is 18.7 Å². The monoisotopic (exact) mass is 333 g/mol. The van der Waals surface area contributed by atoms with Crippen molar-refractivity contribution < 1.29 is 9.53 Å². The van der Waals surface area contributed by atoms with Gasteiger partial charge in [0.1, 0.15) is 5.82 Å². The minimum Gasteiger partial charge on any atom is -0.383 e. The van der Waals surface area contributed by atoms with Gasteiger partial charge in [0.2, 0.25) is 0 Å². The highest BCUT2D eigenvalue weighted by atomic mass is 32.1. The third-order valence-corrected chi connectivity index (χ3v) is 4.51. The van der Waals surface area contributed by atoms with Crippen molar-refractivity contribution in [2.45, 2.75) is 26.8 Å². The molecule has 124 valence electrons. The standard InChI is InChI=1S/C17H23N3O2S/c1-11-9-15(13(3)23-11)12(2)20-16-6-5-14(10-19-16)17(21)18-7-8-22-4/h5-6,9-10,12H,7-8H2,1-4H3,(H,18,21)(H,19,20). The number of ether oxygens (including phenoxy) is 1. The number of rotatable bonds is 7. The fraction of sp³-hybridized carbons (Fsp3) is 0.412. The zero-order chi connectivity index (χ0) is 16.8. The molecule has 0 bridgehead atoms. The maximum atomic E-state index is 11.9. The maximum absolute atomic E-state index is 11.9. The number of hydrogen-bond acceptors (Lipinski definition) is 5. The second-order valence-electron chi connectivity index (χ2n) is 5.42. The van der Waals surface area contributed by atoms with Crippen molar-refractivity contribution in [2.75, 3.05) is 25.6 Å². The Morgan fingerprint density at radius 1 is 1.39 bits per heavy atom. The number of carbonyl (C=O) groups excluding carboxylic acids is 1. The van der Waals surface area contributed by atoms with E-state index in [-0.39, 0.29) is 11.9 Å². The predicted octanol–water partition coefficient (Wildman–Crippen LogP) is 3.31. The number of amides is 1. The van der Waals surface area contributed by atoms with Crippen LogP contribution in [0.3, 0.4) is 0 Å². The lowest BCUT2D eigenvalue weighted by atomic mass is 10.1. The number of carbonyl (C=O) groups is 1. The van der Waals surface area contributed by atoms with E-state index in [1.165, 1.54) is 15.3 Å². The largest absolute Gasteiger partial charge is 0.383 e. The molecule has 2 heterocycles. The summed E-state index contributed by atoms with van der Waals surface area (Å²) in [6.07, 6.45) is 1.59. The number of nitrogens with one attached hydrogen (secondary N) is 2. The summed E-state index contributed by atoms with van der Waals surface area (Å²) >= 11 is 1.80. The average molecular weight is 333 g/mol. The van der Waals surface area contributed by atoms with E-state index in [1.54, 1.807) is 30.7 Å². The molecule has 0 saturated heterocycles. The van der Waals surface area contributed by atoms with E-state index in [1.807, 2.05) is 6.07 Å². The Hall–Kier alpha value is -1.92. The lowest BCUT2D eigenvalue weighted by molar-refractivity contribution is 0.0937. The van der Waals surface area contributed by atoms with Gasteiger partial charge in [-0.3, -0.25) is 4.79 Å². The van der Waals surface area contributed by atoms with Gasteiger partial charge < -0.3 is 15.4 Å². The number of hydrogen-bond donors (Lipinski definition) is 2. The van der Waals surface area contributed by atoms with Crippen molar-refractivity contribution in [1.29, 1.82) is 0 Å². The molecule has 6 heteroatoms. The molecule has 0 aliphatic rings. The van der Waals surface area contributed by atoms with Crippen molar-refractivity contribution in [3.63, 3.8) is 0 Å². The second-order valence-corrected chi connectivity index (χ2v) is 6.88. The van der Waals surface area contributed by atoms with Crippen LogP contribution in [0.4, 0.5) is 5.82 Å². The Bertz CT molecular complexity index is 652. The smallest absolute Gasteiger partial charge is 0.252 e. The first kappa shape index (κ1) is 17.4. The number of aryl methyl sites for hydroxylation is 2. The van der Waals surface area contributed by atoms with Gasteiger partial charge in [0.15, 0.2) is 0 Å². The van der Waals surface area contributed by atoms with Gasteiger partial charge in [0, 0.05) is 29.6 Å². The van der Waals surface area contributed by atoms with E-state index >= 15 is 0 Å². The Kier molecular flexibility index (Phi) is 6.12. The van der Waals surface area contributed by atoms with Gasteiger partial charge in [0.25, 0.3) is 5.91 Å². The van der Waals surface area contributed by atoms with Gasteiger partial charge in [-0.15, -0.1) is 11.3 Å². The van der Waals surface area contributed by atoms with E-state index in [9.17, 15) is 4.79 Å². The van der Waals surface area contributed by atoms with Crippen LogP contribution in [0.5, 0.6) is 0 Å². The van der Waals surface area contributed by atoms with Gasteiger partial charge in [-0.05, 0) is 44.5 Å². The molecule has 1 atom stereocenters. The van der Waals surface area contributed by atoms with Gasteiger partial charge in [0.05, 0.1) is 18.2 Å². The van der Waals surface area contributed by atoms with Crippen molar-refractivity contribution in [2.24, 2.45) is 0 Å². The Morgan fingerprint density at radius 3 is 2.74 bits per heavy atom. The Labute approximate surface area is 141 Å². The first-order chi connectivity index (χ1) is 11.0. The van der Waals surface area contributed by atoms with Crippen LogP contribution in [-0.4, -0.2) is 31.2 Å².